The minimum Gasteiger partial charge on any atom is -0.371 e. The van der Waals surface area contributed by atoms with Crippen LogP contribution < -0.4 is 4.90 Å². The molecule has 2 heterocycles. The molecule has 0 N–H and O–H groups in total. The molecule has 1 aliphatic heterocycles. The summed E-state index contributed by atoms with van der Waals surface area (Å²) in [6.45, 7) is 4.00. The summed E-state index contributed by atoms with van der Waals surface area (Å²) in [6, 6.07) is 6.99. The van der Waals surface area contributed by atoms with Crippen LogP contribution in [0.3, 0.4) is 0 Å². The highest BCUT2D eigenvalue weighted by molar-refractivity contribution is 5.93. The van der Waals surface area contributed by atoms with E-state index in [-0.39, 0.29) is 10.6 Å². The number of aryl methyl sites for hydroxylation is 1. The Hall–Kier alpha value is -2.17. The van der Waals surface area contributed by atoms with Crippen LogP contribution in [-0.2, 0) is 0 Å². The third kappa shape index (κ3) is 2.82. The lowest BCUT2D eigenvalue weighted by Crippen LogP contribution is -2.24. The molecule has 21 heavy (non-hydrogen) atoms. The summed E-state index contributed by atoms with van der Waals surface area (Å²) in [5.74, 6) is 0. The van der Waals surface area contributed by atoms with Crippen molar-refractivity contribution in [2.75, 3.05) is 18.0 Å². The lowest BCUT2D eigenvalue weighted by molar-refractivity contribution is -0.384. The summed E-state index contributed by atoms with van der Waals surface area (Å²) in [5, 5.41) is 11.9. The fourth-order valence-corrected chi connectivity index (χ4v) is 3.01. The van der Waals surface area contributed by atoms with Gasteiger partial charge < -0.3 is 4.90 Å². The number of rotatable bonds is 2. The first-order valence-electron chi connectivity index (χ1n) is 7.46. The molecule has 1 aromatic heterocycles. The van der Waals surface area contributed by atoms with E-state index < -0.39 is 0 Å². The van der Waals surface area contributed by atoms with Gasteiger partial charge in [0.2, 0.25) is 0 Å². The SMILES string of the molecule is Cc1cc(N2CCCCCC2)c2cc([N+](=O)[O-])ccc2n1. The largest absolute Gasteiger partial charge is 0.371 e. The summed E-state index contributed by atoms with van der Waals surface area (Å²) in [4.78, 5) is 17.5. The van der Waals surface area contributed by atoms with Crippen molar-refractivity contribution in [2.24, 2.45) is 0 Å². The first-order valence-corrected chi connectivity index (χ1v) is 7.46. The second-order valence-corrected chi connectivity index (χ2v) is 5.64. The highest BCUT2D eigenvalue weighted by atomic mass is 16.6. The van der Waals surface area contributed by atoms with Crippen molar-refractivity contribution in [3.05, 3.63) is 40.1 Å². The number of anilines is 1. The van der Waals surface area contributed by atoms with Gasteiger partial charge in [-0.15, -0.1) is 0 Å². The van der Waals surface area contributed by atoms with Gasteiger partial charge >= 0.3 is 0 Å². The van der Waals surface area contributed by atoms with Gasteiger partial charge in [0.15, 0.2) is 0 Å². The molecule has 1 aromatic carbocycles. The van der Waals surface area contributed by atoms with E-state index in [0.29, 0.717) is 0 Å². The van der Waals surface area contributed by atoms with E-state index in [9.17, 15) is 10.1 Å². The molecule has 0 saturated carbocycles. The van der Waals surface area contributed by atoms with Gasteiger partial charge in [0.05, 0.1) is 10.4 Å². The molecule has 1 fully saturated rings. The number of fused-ring (bicyclic) bond motifs is 1. The van der Waals surface area contributed by atoms with Crippen LogP contribution >= 0.6 is 0 Å². The van der Waals surface area contributed by atoms with Gasteiger partial charge in [0.1, 0.15) is 0 Å². The van der Waals surface area contributed by atoms with Crippen molar-refractivity contribution in [1.82, 2.24) is 4.98 Å². The van der Waals surface area contributed by atoms with Crippen molar-refractivity contribution in [2.45, 2.75) is 32.6 Å². The Kier molecular flexibility index (Phi) is 3.73. The Labute approximate surface area is 123 Å². The Morgan fingerprint density at radius 1 is 1.14 bits per heavy atom. The molecule has 0 radical (unpaired) electrons. The van der Waals surface area contributed by atoms with Gasteiger partial charge in [-0.2, -0.15) is 0 Å². The molecule has 1 aliphatic rings. The number of non-ortho nitro benzene ring substituents is 1. The molecular formula is C16H19N3O2. The molecule has 3 rings (SSSR count). The van der Waals surface area contributed by atoms with Crippen LogP contribution in [0.5, 0.6) is 0 Å². The third-order valence-corrected chi connectivity index (χ3v) is 4.06. The number of benzene rings is 1. The number of hydrogen-bond acceptors (Lipinski definition) is 4. The fourth-order valence-electron chi connectivity index (χ4n) is 3.01. The number of pyridine rings is 1. The molecular weight excluding hydrogens is 266 g/mol. The smallest absolute Gasteiger partial charge is 0.270 e. The predicted octanol–water partition coefficient (Wildman–Crippen LogP) is 3.83. The molecule has 5 nitrogen and oxygen atoms in total. The van der Waals surface area contributed by atoms with Crippen LogP contribution in [0, 0.1) is 17.0 Å². The van der Waals surface area contributed by atoms with E-state index >= 15 is 0 Å². The molecule has 5 heteroatoms. The highest BCUT2D eigenvalue weighted by Crippen LogP contribution is 2.31. The quantitative estimate of drug-likeness (QED) is 0.621. The highest BCUT2D eigenvalue weighted by Gasteiger charge is 2.16. The lowest BCUT2D eigenvalue weighted by atomic mass is 10.1. The zero-order valence-corrected chi connectivity index (χ0v) is 12.2. The number of nitro benzene ring substituents is 1. The molecule has 0 amide bonds. The van der Waals surface area contributed by atoms with E-state index in [1.165, 1.54) is 31.7 Å². The van der Waals surface area contributed by atoms with Crippen molar-refractivity contribution >= 4 is 22.3 Å². The monoisotopic (exact) mass is 285 g/mol. The van der Waals surface area contributed by atoms with Crippen molar-refractivity contribution in [3.8, 4) is 0 Å². The van der Waals surface area contributed by atoms with Crippen LogP contribution in [0.15, 0.2) is 24.3 Å². The molecule has 0 atom stereocenters. The maximum atomic E-state index is 11.0. The summed E-state index contributed by atoms with van der Waals surface area (Å²) < 4.78 is 0. The Morgan fingerprint density at radius 2 is 1.86 bits per heavy atom. The lowest BCUT2D eigenvalue weighted by Gasteiger charge is -2.24. The van der Waals surface area contributed by atoms with E-state index in [1.807, 2.05) is 6.92 Å². The van der Waals surface area contributed by atoms with E-state index in [4.69, 9.17) is 0 Å². The second kappa shape index (κ2) is 5.68. The van der Waals surface area contributed by atoms with Crippen molar-refractivity contribution in [3.63, 3.8) is 0 Å². The van der Waals surface area contributed by atoms with E-state index in [0.717, 1.165) is 35.4 Å². The number of nitrogens with zero attached hydrogens (tertiary/aromatic N) is 3. The molecule has 1 saturated heterocycles. The fraction of sp³-hybridized carbons (Fsp3) is 0.438. The second-order valence-electron chi connectivity index (χ2n) is 5.64. The molecule has 0 unspecified atom stereocenters. The average molecular weight is 285 g/mol. The molecule has 0 spiro atoms. The van der Waals surface area contributed by atoms with Gasteiger partial charge in [-0.1, -0.05) is 12.8 Å². The summed E-state index contributed by atoms with van der Waals surface area (Å²) in [5.41, 5.74) is 3.00. The van der Waals surface area contributed by atoms with Crippen LogP contribution in [0.4, 0.5) is 11.4 Å². The van der Waals surface area contributed by atoms with Gasteiger partial charge in [0, 0.05) is 42.0 Å². The normalized spacial score (nSPS) is 16.0. The summed E-state index contributed by atoms with van der Waals surface area (Å²) in [7, 11) is 0. The maximum Gasteiger partial charge on any atom is 0.270 e. The van der Waals surface area contributed by atoms with E-state index in [2.05, 4.69) is 16.0 Å². The topological polar surface area (TPSA) is 59.3 Å². The van der Waals surface area contributed by atoms with Gasteiger partial charge in [-0.05, 0) is 31.9 Å². The summed E-state index contributed by atoms with van der Waals surface area (Å²) in [6.07, 6.45) is 4.88. The zero-order chi connectivity index (χ0) is 14.8. The predicted molar refractivity (Wildman–Crippen MR) is 83.8 cm³/mol. The van der Waals surface area contributed by atoms with Gasteiger partial charge in [0.25, 0.3) is 5.69 Å². The Morgan fingerprint density at radius 3 is 2.52 bits per heavy atom. The van der Waals surface area contributed by atoms with Crippen LogP contribution in [-0.4, -0.2) is 23.0 Å². The number of nitro groups is 1. The number of hydrogen-bond donors (Lipinski definition) is 0. The average Bonchev–Trinajstić information content (AvgIpc) is 2.74. The Balaban J connectivity index is 2.14. The third-order valence-electron chi connectivity index (χ3n) is 4.06. The zero-order valence-electron chi connectivity index (χ0n) is 12.2. The van der Waals surface area contributed by atoms with Gasteiger partial charge in [-0.25, -0.2) is 0 Å². The first-order chi connectivity index (χ1) is 10.1. The van der Waals surface area contributed by atoms with Crippen LogP contribution in [0.1, 0.15) is 31.4 Å². The molecule has 110 valence electrons. The minimum absolute atomic E-state index is 0.129. The van der Waals surface area contributed by atoms with Crippen LogP contribution in [0.2, 0.25) is 0 Å². The minimum atomic E-state index is -0.342. The number of aromatic nitrogens is 1. The maximum absolute atomic E-state index is 11.0. The molecule has 0 aliphatic carbocycles. The van der Waals surface area contributed by atoms with Crippen molar-refractivity contribution < 1.29 is 4.92 Å². The first kappa shape index (κ1) is 13.8. The van der Waals surface area contributed by atoms with Crippen LogP contribution in [0.25, 0.3) is 10.9 Å². The molecule has 2 aromatic rings. The standard InChI is InChI=1S/C16H19N3O2/c1-12-10-16(18-8-4-2-3-5-9-18)14-11-13(19(20)21)6-7-15(14)17-12/h6-7,10-11H,2-5,8-9H2,1H3. The van der Waals surface area contributed by atoms with Gasteiger partial charge in [-0.3, -0.25) is 15.1 Å². The van der Waals surface area contributed by atoms with Crippen molar-refractivity contribution in [1.29, 1.82) is 0 Å². The van der Waals surface area contributed by atoms with E-state index in [1.54, 1.807) is 12.1 Å². The molecule has 0 bridgehead atoms. The summed E-state index contributed by atoms with van der Waals surface area (Å²) >= 11 is 0. The Bertz CT molecular complexity index is 677.